The summed E-state index contributed by atoms with van der Waals surface area (Å²) in [5, 5.41) is 3.06. The molecule has 20 heavy (non-hydrogen) atoms. The maximum Gasteiger partial charge on any atom is 0.128 e. The monoisotopic (exact) mass is 279 g/mol. The van der Waals surface area contributed by atoms with Crippen molar-refractivity contribution in [2.75, 3.05) is 6.54 Å². The number of nitrogens with one attached hydrogen (secondary N) is 1. The highest BCUT2D eigenvalue weighted by Crippen LogP contribution is 2.27. The van der Waals surface area contributed by atoms with Crippen molar-refractivity contribution in [2.24, 2.45) is 0 Å². The lowest BCUT2D eigenvalue weighted by molar-refractivity contribution is 0.513. The Labute approximate surface area is 116 Å². The van der Waals surface area contributed by atoms with Crippen molar-refractivity contribution >= 4 is 0 Å². The first-order valence-electron chi connectivity index (χ1n) is 6.56. The van der Waals surface area contributed by atoms with Crippen LogP contribution in [0.25, 0.3) is 0 Å². The van der Waals surface area contributed by atoms with Gasteiger partial charge in [0.25, 0.3) is 0 Å². The molecule has 0 radical (unpaired) electrons. The van der Waals surface area contributed by atoms with E-state index in [2.05, 4.69) is 5.32 Å². The molecule has 1 atom stereocenters. The predicted molar refractivity (Wildman–Crippen MR) is 72.9 cm³/mol. The van der Waals surface area contributed by atoms with Crippen LogP contribution in [0.4, 0.5) is 13.2 Å². The van der Waals surface area contributed by atoms with Gasteiger partial charge in [0, 0.05) is 11.1 Å². The molecule has 1 nitrogen and oxygen atoms in total. The lowest BCUT2D eigenvalue weighted by Gasteiger charge is -2.20. The second kappa shape index (κ2) is 6.57. The van der Waals surface area contributed by atoms with Crippen LogP contribution in [0.2, 0.25) is 0 Å². The Morgan fingerprint density at radius 2 is 1.65 bits per heavy atom. The summed E-state index contributed by atoms with van der Waals surface area (Å²) in [6.07, 6.45) is 0.807. The largest absolute Gasteiger partial charge is 0.306 e. The van der Waals surface area contributed by atoms with Gasteiger partial charge in [0.2, 0.25) is 0 Å². The molecule has 1 unspecified atom stereocenters. The van der Waals surface area contributed by atoms with Crippen molar-refractivity contribution in [3.8, 4) is 0 Å². The average molecular weight is 279 g/mol. The maximum atomic E-state index is 13.9. The van der Waals surface area contributed by atoms with E-state index in [0.717, 1.165) is 24.6 Å². The van der Waals surface area contributed by atoms with Crippen molar-refractivity contribution in [3.63, 3.8) is 0 Å². The summed E-state index contributed by atoms with van der Waals surface area (Å²) in [6.45, 7) is 2.53. The summed E-state index contributed by atoms with van der Waals surface area (Å²) in [4.78, 5) is 0. The highest BCUT2D eigenvalue weighted by atomic mass is 19.1. The second-order valence-electron chi connectivity index (χ2n) is 4.57. The molecule has 2 aromatic rings. The minimum absolute atomic E-state index is 0.114. The number of hydrogen-bond acceptors (Lipinski definition) is 1. The Bertz CT molecular complexity index is 584. The van der Waals surface area contributed by atoms with Crippen molar-refractivity contribution in [1.82, 2.24) is 5.32 Å². The first-order chi connectivity index (χ1) is 9.63. The van der Waals surface area contributed by atoms with Crippen LogP contribution in [0.5, 0.6) is 0 Å². The summed E-state index contributed by atoms with van der Waals surface area (Å²) >= 11 is 0. The summed E-state index contributed by atoms with van der Waals surface area (Å²) in [7, 11) is 0. The van der Waals surface area contributed by atoms with Gasteiger partial charge in [-0.1, -0.05) is 25.1 Å². The predicted octanol–water partition coefficient (Wildman–Crippen LogP) is 4.19. The van der Waals surface area contributed by atoms with E-state index in [1.165, 1.54) is 6.07 Å². The molecule has 106 valence electrons. The van der Waals surface area contributed by atoms with Crippen LogP contribution in [-0.4, -0.2) is 6.54 Å². The van der Waals surface area contributed by atoms with E-state index in [1.54, 1.807) is 18.2 Å². The fourth-order valence-electron chi connectivity index (χ4n) is 2.12. The second-order valence-corrected chi connectivity index (χ2v) is 4.57. The molecule has 1 N–H and O–H groups in total. The van der Waals surface area contributed by atoms with Crippen LogP contribution in [0.3, 0.4) is 0 Å². The summed E-state index contributed by atoms with van der Waals surface area (Å²) < 4.78 is 41.2. The van der Waals surface area contributed by atoms with Crippen molar-refractivity contribution in [3.05, 3.63) is 71.0 Å². The molecule has 0 aromatic heterocycles. The van der Waals surface area contributed by atoms with Gasteiger partial charge >= 0.3 is 0 Å². The molecule has 0 spiro atoms. The first-order valence-corrected chi connectivity index (χ1v) is 6.56. The third kappa shape index (κ3) is 3.20. The minimum atomic E-state index is -0.702. The zero-order valence-electron chi connectivity index (χ0n) is 11.2. The SMILES string of the molecule is CCCNC(c1ccccc1F)c1cc(F)ccc1F. The van der Waals surface area contributed by atoms with E-state index in [0.29, 0.717) is 12.1 Å². The third-order valence-electron chi connectivity index (χ3n) is 3.08. The Balaban J connectivity index is 2.47. The van der Waals surface area contributed by atoms with Gasteiger partial charge in [-0.2, -0.15) is 0 Å². The molecule has 2 rings (SSSR count). The van der Waals surface area contributed by atoms with Gasteiger partial charge in [-0.05, 0) is 37.2 Å². The molecule has 0 aliphatic rings. The first kappa shape index (κ1) is 14.6. The molecular formula is C16H16F3N. The van der Waals surface area contributed by atoms with Crippen LogP contribution in [0.15, 0.2) is 42.5 Å². The fraction of sp³-hybridized carbons (Fsp3) is 0.250. The molecule has 0 bridgehead atoms. The zero-order chi connectivity index (χ0) is 14.5. The smallest absolute Gasteiger partial charge is 0.128 e. The van der Waals surface area contributed by atoms with Gasteiger partial charge in [0.05, 0.1) is 6.04 Å². The van der Waals surface area contributed by atoms with Gasteiger partial charge in [0.1, 0.15) is 17.5 Å². The molecule has 0 amide bonds. The Hall–Kier alpha value is -1.81. The van der Waals surface area contributed by atoms with Crippen molar-refractivity contribution < 1.29 is 13.2 Å². The normalized spacial score (nSPS) is 12.4. The fourth-order valence-corrected chi connectivity index (χ4v) is 2.12. The number of rotatable bonds is 5. The zero-order valence-corrected chi connectivity index (χ0v) is 11.2. The molecule has 0 fully saturated rings. The molecular weight excluding hydrogens is 263 g/mol. The highest BCUT2D eigenvalue weighted by Gasteiger charge is 2.20. The Kier molecular flexibility index (Phi) is 4.79. The van der Waals surface area contributed by atoms with Crippen LogP contribution < -0.4 is 5.32 Å². The number of halogens is 3. The summed E-state index contributed by atoms with van der Waals surface area (Å²) in [5.74, 6) is -1.53. The topological polar surface area (TPSA) is 12.0 Å². The van der Waals surface area contributed by atoms with Gasteiger partial charge in [-0.25, -0.2) is 13.2 Å². The minimum Gasteiger partial charge on any atom is -0.306 e. The molecule has 0 heterocycles. The van der Waals surface area contributed by atoms with E-state index in [4.69, 9.17) is 0 Å². The van der Waals surface area contributed by atoms with E-state index in [1.807, 2.05) is 6.92 Å². The number of benzene rings is 2. The van der Waals surface area contributed by atoms with E-state index < -0.39 is 23.5 Å². The summed E-state index contributed by atoms with van der Waals surface area (Å²) in [5.41, 5.74) is 0.425. The van der Waals surface area contributed by atoms with Crippen molar-refractivity contribution in [2.45, 2.75) is 19.4 Å². The third-order valence-corrected chi connectivity index (χ3v) is 3.08. The van der Waals surface area contributed by atoms with Crippen LogP contribution in [0, 0.1) is 17.5 Å². The molecule has 4 heteroatoms. The van der Waals surface area contributed by atoms with Gasteiger partial charge in [-0.3, -0.25) is 0 Å². The molecule has 0 aliphatic heterocycles. The quantitative estimate of drug-likeness (QED) is 0.865. The van der Waals surface area contributed by atoms with E-state index in [9.17, 15) is 13.2 Å². The van der Waals surface area contributed by atoms with Gasteiger partial charge < -0.3 is 5.32 Å². The highest BCUT2D eigenvalue weighted by molar-refractivity contribution is 5.34. The Morgan fingerprint density at radius 3 is 2.35 bits per heavy atom. The van der Waals surface area contributed by atoms with Crippen LogP contribution in [0.1, 0.15) is 30.5 Å². The number of hydrogen-bond donors (Lipinski definition) is 1. The summed E-state index contributed by atoms with van der Waals surface area (Å²) in [6, 6.07) is 8.65. The van der Waals surface area contributed by atoms with E-state index >= 15 is 0 Å². The molecule has 0 saturated heterocycles. The van der Waals surface area contributed by atoms with Gasteiger partial charge in [0.15, 0.2) is 0 Å². The van der Waals surface area contributed by atoms with E-state index in [-0.39, 0.29) is 5.56 Å². The standard InChI is InChI=1S/C16H16F3N/c1-2-9-20-16(12-5-3-4-6-14(12)18)13-10-11(17)7-8-15(13)19/h3-8,10,16,20H,2,9H2,1H3. The molecule has 0 saturated carbocycles. The lowest BCUT2D eigenvalue weighted by Crippen LogP contribution is -2.25. The molecule has 0 aliphatic carbocycles. The average Bonchev–Trinajstić information content (AvgIpc) is 2.44. The Morgan fingerprint density at radius 1 is 0.950 bits per heavy atom. The molecule has 2 aromatic carbocycles. The van der Waals surface area contributed by atoms with Gasteiger partial charge in [-0.15, -0.1) is 0 Å². The van der Waals surface area contributed by atoms with Crippen LogP contribution in [-0.2, 0) is 0 Å². The van der Waals surface area contributed by atoms with Crippen molar-refractivity contribution in [1.29, 1.82) is 0 Å². The van der Waals surface area contributed by atoms with Crippen LogP contribution >= 0.6 is 0 Å². The lowest BCUT2D eigenvalue weighted by atomic mass is 9.97. The maximum absolute atomic E-state index is 13.9.